The quantitative estimate of drug-likeness (QED) is 0.639. The average molecular weight is 191 g/mol. The molecule has 1 heterocycles. The number of hydrogen-bond acceptors (Lipinski definition) is 0. The SMILES string of the molecule is Cn1ccc(C(C)(C)C)c1C1CCC1. The maximum atomic E-state index is 2.32. The Morgan fingerprint density at radius 1 is 1.29 bits per heavy atom. The van der Waals surface area contributed by atoms with Gasteiger partial charge in [0.1, 0.15) is 0 Å². The molecule has 1 heteroatoms. The fourth-order valence-corrected chi connectivity index (χ4v) is 2.37. The molecule has 0 radical (unpaired) electrons. The summed E-state index contributed by atoms with van der Waals surface area (Å²) in [6, 6.07) is 2.30. The van der Waals surface area contributed by atoms with Crippen molar-refractivity contribution in [2.24, 2.45) is 7.05 Å². The molecular formula is C13H21N. The zero-order valence-corrected chi connectivity index (χ0v) is 9.80. The first-order chi connectivity index (χ1) is 6.50. The van der Waals surface area contributed by atoms with E-state index in [0.29, 0.717) is 5.41 Å². The van der Waals surface area contributed by atoms with Crippen molar-refractivity contribution in [1.29, 1.82) is 0 Å². The highest BCUT2D eigenvalue weighted by molar-refractivity contribution is 5.32. The first kappa shape index (κ1) is 9.82. The van der Waals surface area contributed by atoms with Crippen LogP contribution in [-0.2, 0) is 12.5 Å². The molecule has 1 aliphatic rings. The molecule has 0 saturated heterocycles. The Morgan fingerprint density at radius 2 is 1.93 bits per heavy atom. The molecule has 1 nitrogen and oxygen atoms in total. The summed E-state index contributed by atoms with van der Waals surface area (Å²) >= 11 is 0. The van der Waals surface area contributed by atoms with Crippen LogP contribution in [0.4, 0.5) is 0 Å². The van der Waals surface area contributed by atoms with E-state index >= 15 is 0 Å². The van der Waals surface area contributed by atoms with E-state index in [9.17, 15) is 0 Å². The third-order valence-electron chi connectivity index (χ3n) is 3.42. The number of aryl methyl sites for hydroxylation is 1. The van der Waals surface area contributed by atoms with Crippen LogP contribution in [0.1, 0.15) is 57.2 Å². The van der Waals surface area contributed by atoms with E-state index in [1.165, 1.54) is 19.3 Å². The smallest absolute Gasteiger partial charge is 0.0240 e. The minimum absolute atomic E-state index is 0.298. The molecule has 1 saturated carbocycles. The van der Waals surface area contributed by atoms with Crippen molar-refractivity contribution in [3.63, 3.8) is 0 Å². The van der Waals surface area contributed by atoms with Gasteiger partial charge in [0.05, 0.1) is 0 Å². The predicted octanol–water partition coefficient (Wildman–Crippen LogP) is 3.59. The maximum absolute atomic E-state index is 2.32. The summed E-state index contributed by atoms with van der Waals surface area (Å²) in [5.74, 6) is 0.837. The topological polar surface area (TPSA) is 4.93 Å². The van der Waals surface area contributed by atoms with Crippen molar-refractivity contribution in [3.05, 3.63) is 23.5 Å². The van der Waals surface area contributed by atoms with Gasteiger partial charge in [-0.1, -0.05) is 27.2 Å². The second-order valence-electron chi connectivity index (χ2n) is 5.60. The highest BCUT2D eigenvalue weighted by Crippen LogP contribution is 2.41. The average Bonchev–Trinajstić information content (AvgIpc) is 2.28. The lowest BCUT2D eigenvalue weighted by atomic mass is 9.76. The summed E-state index contributed by atoms with van der Waals surface area (Å²) < 4.78 is 2.32. The lowest BCUT2D eigenvalue weighted by molar-refractivity contribution is 0.393. The van der Waals surface area contributed by atoms with Crippen LogP contribution in [0.15, 0.2) is 12.3 Å². The third-order valence-corrected chi connectivity index (χ3v) is 3.42. The van der Waals surface area contributed by atoms with Crippen molar-refractivity contribution in [1.82, 2.24) is 4.57 Å². The Balaban J connectivity index is 2.40. The molecule has 1 aromatic heterocycles. The van der Waals surface area contributed by atoms with Crippen molar-refractivity contribution in [3.8, 4) is 0 Å². The second-order valence-corrected chi connectivity index (χ2v) is 5.60. The van der Waals surface area contributed by atoms with Gasteiger partial charge < -0.3 is 4.57 Å². The number of hydrogen-bond donors (Lipinski definition) is 0. The summed E-state index contributed by atoms with van der Waals surface area (Å²) in [7, 11) is 2.18. The number of rotatable bonds is 1. The van der Waals surface area contributed by atoms with Crippen molar-refractivity contribution < 1.29 is 0 Å². The molecule has 0 aromatic carbocycles. The van der Waals surface area contributed by atoms with E-state index in [1.807, 2.05) is 0 Å². The zero-order chi connectivity index (χ0) is 10.3. The molecule has 0 bridgehead atoms. The molecule has 2 rings (SSSR count). The highest BCUT2D eigenvalue weighted by atomic mass is 14.9. The molecule has 1 aromatic rings. The Hall–Kier alpha value is -0.720. The van der Waals surface area contributed by atoms with Crippen LogP contribution in [0.2, 0.25) is 0 Å². The summed E-state index contributed by atoms with van der Waals surface area (Å²) in [6.45, 7) is 6.93. The van der Waals surface area contributed by atoms with Gasteiger partial charge in [0, 0.05) is 18.9 Å². The van der Waals surface area contributed by atoms with Gasteiger partial charge in [-0.25, -0.2) is 0 Å². The first-order valence-electron chi connectivity index (χ1n) is 5.66. The van der Waals surface area contributed by atoms with Crippen LogP contribution in [0.5, 0.6) is 0 Å². The zero-order valence-electron chi connectivity index (χ0n) is 9.80. The molecule has 14 heavy (non-hydrogen) atoms. The van der Waals surface area contributed by atoms with Gasteiger partial charge in [-0.2, -0.15) is 0 Å². The van der Waals surface area contributed by atoms with Crippen LogP contribution in [0.3, 0.4) is 0 Å². The van der Waals surface area contributed by atoms with Gasteiger partial charge in [0.2, 0.25) is 0 Å². The Bertz CT molecular complexity index is 323. The van der Waals surface area contributed by atoms with Crippen molar-refractivity contribution >= 4 is 0 Å². The Morgan fingerprint density at radius 3 is 2.36 bits per heavy atom. The highest BCUT2D eigenvalue weighted by Gasteiger charge is 2.28. The minimum atomic E-state index is 0.298. The molecular weight excluding hydrogens is 170 g/mol. The Kier molecular flexibility index (Phi) is 2.21. The lowest BCUT2D eigenvalue weighted by Gasteiger charge is -2.31. The molecule has 0 atom stereocenters. The van der Waals surface area contributed by atoms with E-state index < -0.39 is 0 Å². The summed E-state index contributed by atoms with van der Waals surface area (Å²) in [5, 5.41) is 0. The molecule has 1 aliphatic carbocycles. The fraction of sp³-hybridized carbons (Fsp3) is 0.692. The van der Waals surface area contributed by atoms with Gasteiger partial charge in [0.25, 0.3) is 0 Å². The molecule has 0 spiro atoms. The maximum Gasteiger partial charge on any atom is 0.0240 e. The molecule has 0 amide bonds. The molecule has 0 aliphatic heterocycles. The van der Waals surface area contributed by atoms with Gasteiger partial charge in [-0.05, 0) is 35.8 Å². The van der Waals surface area contributed by atoms with Crippen molar-refractivity contribution in [2.75, 3.05) is 0 Å². The summed E-state index contributed by atoms with van der Waals surface area (Å²) in [5.41, 5.74) is 3.43. The Labute approximate surface area is 87.1 Å². The standard InChI is InChI=1S/C13H21N/c1-13(2,3)11-8-9-14(4)12(11)10-6-5-7-10/h8-10H,5-7H2,1-4H3. The van der Waals surface area contributed by atoms with E-state index in [2.05, 4.69) is 44.6 Å². The largest absolute Gasteiger partial charge is 0.354 e. The van der Waals surface area contributed by atoms with Crippen LogP contribution in [0.25, 0.3) is 0 Å². The minimum Gasteiger partial charge on any atom is -0.354 e. The van der Waals surface area contributed by atoms with Crippen LogP contribution in [-0.4, -0.2) is 4.57 Å². The van der Waals surface area contributed by atoms with Crippen LogP contribution in [0, 0.1) is 0 Å². The molecule has 1 fully saturated rings. The van der Waals surface area contributed by atoms with Crippen LogP contribution < -0.4 is 0 Å². The molecule has 0 unspecified atom stereocenters. The monoisotopic (exact) mass is 191 g/mol. The van der Waals surface area contributed by atoms with E-state index in [4.69, 9.17) is 0 Å². The number of aromatic nitrogens is 1. The fourth-order valence-electron chi connectivity index (χ4n) is 2.37. The second kappa shape index (κ2) is 3.15. The first-order valence-corrected chi connectivity index (χ1v) is 5.66. The van der Waals surface area contributed by atoms with Crippen molar-refractivity contribution in [2.45, 2.75) is 51.4 Å². The van der Waals surface area contributed by atoms with E-state index in [0.717, 1.165) is 5.92 Å². The summed E-state index contributed by atoms with van der Waals surface area (Å²) in [6.07, 6.45) is 6.41. The molecule has 78 valence electrons. The molecule has 0 N–H and O–H groups in total. The number of nitrogens with zero attached hydrogens (tertiary/aromatic N) is 1. The van der Waals surface area contributed by atoms with Gasteiger partial charge in [-0.3, -0.25) is 0 Å². The van der Waals surface area contributed by atoms with Crippen LogP contribution >= 0.6 is 0 Å². The van der Waals surface area contributed by atoms with E-state index in [-0.39, 0.29) is 0 Å². The van der Waals surface area contributed by atoms with Gasteiger partial charge in [-0.15, -0.1) is 0 Å². The normalized spacial score (nSPS) is 18.3. The van der Waals surface area contributed by atoms with Gasteiger partial charge in [0.15, 0.2) is 0 Å². The van der Waals surface area contributed by atoms with E-state index in [1.54, 1.807) is 11.3 Å². The third kappa shape index (κ3) is 1.49. The summed E-state index contributed by atoms with van der Waals surface area (Å²) in [4.78, 5) is 0. The predicted molar refractivity (Wildman–Crippen MR) is 60.7 cm³/mol. The lowest BCUT2D eigenvalue weighted by Crippen LogP contribution is -2.20. The van der Waals surface area contributed by atoms with Gasteiger partial charge >= 0.3 is 0 Å².